The Bertz CT molecular complexity index is 1090. The molecule has 4 nitrogen and oxygen atoms in total. The number of halogens is 1. The Morgan fingerprint density at radius 1 is 1.18 bits per heavy atom. The summed E-state index contributed by atoms with van der Waals surface area (Å²) < 4.78 is 23.5. The van der Waals surface area contributed by atoms with E-state index in [1.165, 1.54) is 24.3 Å². The predicted octanol–water partition coefficient (Wildman–Crippen LogP) is 5.12. The highest BCUT2D eigenvalue weighted by Gasteiger charge is 2.12. The summed E-state index contributed by atoms with van der Waals surface area (Å²) in [6.45, 7) is 6.11. The van der Waals surface area contributed by atoms with Crippen LogP contribution in [0.15, 0.2) is 57.8 Å². The minimum Gasteiger partial charge on any atom is -0.458 e. The van der Waals surface area contributed by atoms with Gasteiger partial charge in [-0.25, -0.2) is 14.0 Å². The number of esters is 1. The lowest BCUT2D eigenvalue weighted by Gasteiger charge is -2.13. The molecule has 0 aliphatic heterocycles. The maximum atomic E-state index is 12.9. The highest BCUT2D eigenvalue weighted by molar-refractivity contribution is 5.87. The van der Waals surface area contributed by atoms with E-state index in [1.807, 2.05) is 19.1 Å². The van der Waals surface area contributed by atoms with E-state index >= 15 is 0 Å². The molecule has 1 aromatic heterocycles. The summed E-state index contributed by atoms with van der Waals surface area (Å²) in [4.78, 5) is 23.9. The van der Waals surface area contributed by atoms with E-state index in [0.29, 0.717) is 22.6 Å². The minimum absolute atomic E-state index is 0.0463. The summed E-state index contributed by atoms with van der Waals surface area (Å²) in [6.07, 6.45) is 2.81. The van der Waals surface area contributed by atoms with Crippen LogP contribution in [0.1, 0.15) is 42.0 Å². The largest absolute Gasteiger partial charge is 0.458 e. The lowest BCUT2D eigenvalue weighted by Crippen LogP contribution is -2.06. The zero-order chi connectivity index (χ0) is 20.3. The molecule has 0 unspecified atom stereocenters. The van der Waals surface area contributed by atoms with Crippen molar-refractivity contribution in [3.05, 3.63) is 87.0 Å². The van der Waals surface area contributed by atoms with Crippen LogP contribution in [-0.4, -0.2) is 5.97 Å². The molecule has 0 aliphatic rings. The van der Waals surface area contributed by atoms with Crippen LogP contribution in [0.4, 0.5) is 4.39 Å². The number of hydrogen-bond acceptors (Lipinski definition) is 4. The van der Waals surface area contributed by atoms with Crippen molar-refractivity contribution in [2.24, 2.45) is 0 Å². The number of carbonyl (C=O) groups excluding carboxylic acids is 1. The fraction of sp³-hybridized carbons (Fsp3) is 0.217. The molecule has 144 valence electrons. The number of aryl methyl sites for hydroxylation is 1. The number of carbonyl (C=O) groups is 1. The normalized spacial score (nSPS) is 11.5. The standard InChI is InChI=1S/C23H21FO4/c1-14(2)19-12-20-17(11-23(26)28-21(20)10-15(19)3)13-27-22(25)9-6-16-4-7-18(24)8-5-16/h4-12,14H,13H2,1-3H3. The molecule has 0 spiro atoms. The van der Waals surface area contributed by atoms with Gasteiger partial charge < -0.3 is 9.15 Å². The van der Waals surface area contributed by atoms with Crippen molar-refractivity contribution in [2.75, 3.05) is 0 Å². The van der Waals surface area contributed by atoms with E-state index in [-0.39, 0.29) is 12.4 Å². The average molecular weight is 380 g/mol. The molecule has 3 aromatic rings. The molecule has 28 heavy (non-hydrogen) atoms. The lowest BCUT2D eigenvalue weighted by molar-refractivity contribution is -0.138. The Hall–Kier alpha value is -3.21. The number of rotatable bonds is 5. The number of ether oxygens (including phenoxy) is 1. The Morgan fingerprint density at radius 3 is 2.57 bits per heavy atom. The minimum atomic E-state index is -0.554. The summed E-state index contributed by atoms with van der Waals surface area (Å²) in [5.74, 6) is -0.585. The first-order valence-corrected chi connectivity index (χ1v) is 9.01. The van der Waals surface area contributed by atoms with Crippen molar-refractivity contribution in [3.63, 3.8) is 0 Å². The van der Waals surface area contributed by atoms with Crippen LogP contribution in [0.5, 0.6) is 0 Å². The smallest absolute Gasteiger partial charge is 0.336 e. The average Bonchev–Trinajstić information content (AvgIpc) is 2.64. The van der Waals surface area contributed by atoms with Crippen molar-refractivity contribution in [1.29, 1.82) is 0 Å². The topological polar surface area (TPSA) is 56.5 Å². The van der Waals surface area contributed by atoms with Gasteiger partial charge in [0, 0.05) is 23.1 Å². The summed E-state index contributed by atoms with van der Waals surface area (Å²) in [5, 5.41) is 0.754. The predicted molar refractivity (Wildman–Crippen MR) is 107 cm³/mol. The Morgan fingerprint density at radius 2 is 1.89 bits per heavy atom. The van der Waals surface area contributed by atoms with Crippen LogP contribution in [-0.2, 0) is 16.1 Å². The Labute approximate surface area is 162 Å². The molecule has 0 saturated carbocycles. The van der Waals surface area contributed by atoms with Gasteiger partial charge in [-0.2, -0.15) is 0 Å². The molecule has 0 bridgehead atoms. The SMILES string of the molecule is Cc1cc2oc(=O)cc(COC(=O)C=Cc3ccc(F)cc3)c2cc1C(C)C. The van der Waals surface area contributed by atoms with Gasteiger partial charge in [0.1, 0.15) is 18.0 Å². The van der Waals surface area contributed by atoms with Crippen LogP contribution >= 0.6 is 0 Å². The second-order valence-electron chi connectivity index (χ2n) is 6.94. The maximum absolute atomic E-state index is 12.9. The second-order valence-corrected chi connectivity index (χ2v) is 6.94. The van der Waals surface area contributed by atoms with E-state index < -0.39 is 11.6 Å². The first-order valence-electron chi connectivity index (χ1n) is 9.01. The molecule has 0 radical (unpaired) electrons. The lowest BCUT2D eigenvalue weighted by atomic mass is 9.95. The molecular weight excluding hydrogens is 359 g/mol. The van der Waals surface area contributed by atoms with Crippen molar-refractivity contribution in [2.45, 2.75) is 33.3 Å². The molecule has 0 aliphatic carbocycles. The van der Waals surface area contributed by atoms with Gasteiger partial charge in [0.05, 0.1) is 0 Å². The van der Waals surface area contributed by atoms with Crippen LogP contribution in [0.25, 0.3) is 17.0 Å². The zero-order valence-corrected chi connectivity index (χ0v) is 16.0. The first-order chi connectivity index (χ1) is 13.3. The molecule has 0 atom stereocenters. The van der Waals surface area contributed by atoms with Gasteiger partial charge in [-0.05, 0) is 59.9 Å². The van der Waals surface area contributed by atoms with Gasteiger partial charge in [0.25, 0.3) is 0 Å². The Balaban J connectivity index is 1.81. The van der Waals surface area contributed by atoms with Crippen LogP contribution in [0.3, 0.4) is 0 Å². The van der Waals surface area contributed by atoms with Gasteiger partial charge >= 0.3 is 11.6 Å². The fourth-order valence-electron chi connectivity index (χ4n) is 3.07. The number of hydrogen-bond donors (Lipinski definition) is 0. The monoisotopic (exact) mass is 380 g/mol. The van der Waals surface area contributed by atoms with Crippen molar-refractivity contribution < 1.29 is 18.3 Å². The molecule has 2 aromatic carbocycles. The third kappa shape index (κ3) is 4.55. The summed E-state index contributed by atoms with van der Waals surface area (Å²) in [7, 11) is 0. The molecule has 0 fully saturated rings. The molecule has 1 heterocycles. The van der Waals surface area contributed by atoms with Crippen LogP contribution < -0.4 is 5.63 Å². The third-order valence-electron chi connectivity index (χ3n) is 4.49. The Kier molecular flexibility index (Phi) is 5.73. The van der Waals surface area contributed by atoms with Crippen molar-refractivity contribution in [1.82, 2.24) is 0 Å². The van der Waals surface area contributed by atoms with Gasteiger partial charge in [0.15, 0.2) is 0 Å². The molecule has 0 saturated heterocycles. The van der Waals surface area contributed by atoms with Crippen LogP contribution in [0, 0.1) is 12.7 Å². The highest BCUT2D eigenvalue weighted by atomic mass is 19.1. The van der Waals surface area contributed by atoms with Gasteiger partial charge in [-0.1, -0.05) is 26.0 Å². The fourth-order valence-corrected chi connectivity index (χ4v) is 3.07. The van der Waals surface area contributed by atoms with E-state index in [0.717, 1.165) is 16.5 Å². The van der Waals surface area contributed by atoms with E-state index in [9.17, 15) is 14.0 Å². The molecule has 0 N–H and O–H groups in total. The van der Waals surface area contributed by atoms with E-state index in [2.05, 4.69) is 13.8 Å². The molecule has 5 heteroatoms. The van der Waals surface area contributed by atoms with Gasteiger partial charge in [0.2, 0.25) is 0 Å². The third-order valence-corrected chi connectivity index (χ3v) is 4.49. The van der Waals surface area contributed by atoms with Crippen molar-refractivity contribution in [3.8, 4) is 0 Å². The van der Waals surface area contributed by atoms with Crippen molar-refractivity contribution >= 4 is 23.0 Å². The summed E-state index contributed by atoms with van der Waals surface area (Å²) in [6, 6.07) is 10.9. The first kappa shape index (κ1) is 19.5. The molecule has 0 amide bonds. The number of benzene rings is 2. The summed E-state index contributed by atoms with van der Waals surface area (Å²) in [5.41, 5.74) is 3.45. The molecular formula is C23H21FO4. The van der Waals surface area contributed by atoms with Gasteiger partial charge in [-0.3, -0.25) is 0 Å². The zero-order valence-electron chi connectivity index (χ0n) is 16.0. The van der Waals surface area contributed by atoms with E-state index in [1.54, 1.807) is 18.2 Å². The second kappa shape index (κ2) is 8.21. The molecule has 3 rings (SSSR count). The quantitative estimate of drug-likeness (QED) is 0.350. The highest BCUT2D eigenvalue weighted by Crippen LogP contribution is 2.27. The van der Waals surface area contributed by atoms with E-state index in [4.69, 9.17) is 9.15 Å². The van der Waals surface area contributed by atoms with Gasteiger partial charge in [-0.15, -0.1) is 0 Å². The maximum Gasteiger partial charge on any atom is 0.336 e. The summed E-state index contributed by atoms with van der Waals surface area (Å²) >= 11 is 0. The van der Waals surface area contributed by atoms with Crippen LogP contribution in [0.2, 0.25) is 0 Å². The number of fused-ring (bicyclic) bond motifs is 1.